The summed E-state index contributed by atoms with van der Waals surface area (Å²) >= 11 is 0. The van der Waals surface area contributed by atoms with Crippen molar-refractivity contribution in [3.8, 4) is 0 Å². The van der Waals surface area contributed by atoms with Crippen LogP contribution in [0.5, 0.6) is 0 Å². The van der Waals surface area contributed by atoms with Crippen molar-refractivity contribution in [2.24, 2.45) is 0 Å². The lowest BCUT2D eigenvalue weighted by atomic mass is 10.2. The fraction of sp³-hybridized carbons (Fsp3) is 0.333. The molecule has 7 nitrogen and oxygen atoms in total. The summed E-state index contributed by atoms with van der Waals surface area (Å²) in [4.78, 5) is 22.1. The molecule has 0 bridgehead atoms. The molecule has 0 radical (unpaired) electrons. The number of rotatable bonds is 6. The highest BCUT2D eigenvalue weighted by Crippen LogP contribution is 2.11. The van der Waals surface area contributed by atoms with Crippen molar-refractivity contribution in [2.45, 2.75) is 24.8 Å². The van der Waals surface area contributed by atoms with Gasteiger partial charge in [-0.1, -0.05) is 0 Å². The average molecular weight is 300 g/mol. The van der Waals surface area contributed by atoms with Crippen LogP contribution in [0.1, 0.15) is 24.2 Å². The smallest absolute Gasteiger partial charge is 0.335 e. The van der Waals surface area contributed by atoms with E-state index in [0.29, 0.717) is 6.54 Å². The molecule has 1 aromatic rings. The number of amides is 1. The molecule has 8 heteroatoms. The third-order valence-corrected chi connectivity index (χ3v) is 4.04. The highest BCUT2D eigenvalue weighted by atomic mass is 32.2. The Morgan fingerprint density at radius 2 is 1.80 bits per heavy atom. The topological polar surface area (TPSA) is 113 Å². The lowest BCUT2D eigenvalue weighted by Crippen LogP contribution is -2.44. The third-order valence-electron chi connectivity index (χ3n) is 2.49. The molecule has 0 aliphatic carbocycles. The first-order chi connectivity index (χ1) is 9.27. The van der Waals surface area contributed by atoms with Crippen LogP contribution in [0.4, 0.5) is 0 Å². The second kappa shape index (κ2) is 6.49. The summed E-state index contributed by atoms with van der Waals surface area (Å²) in [7, 11) is -3.87. The van der Waals surface area contributed by atoms with E-state index in [4.69, 9.17) is 5.11 Å². The number of carboxylic acid groups (broad SMARTS) is 1. The zero-order chi connectivity index (χ0) is 15.3. The van der Waals surface area contributed by atoms with Gasteiger partial charge in [-0.05, 0) is 38.1 Å². The largest absolute Gasteiger partial charge is 0.478 e. The molecule has 1 atom stereocenters. The second-order valence-corrected chi connectivity index (χ2v) is 5.78. The van der Waals surface area contributed by atoms with Crippen molar-refractivity contribution < 1.29 is 23.1 Å². The summed E-state index contributed by atoms with van der Waals surface area (Å²) in [6.07, 6.45) is 0. The van der Waals surface area contributed by atoms with Gasteiger partial charge >= 0.3 is 5.97 Å². The first-order valence-electron chi connectivity index (χ1n) is 5.91. The monoisotopic (exact) mass is 300 g/mol. The first-order valence-corrected chi connectivity index (χ1v) is 7.39. The van der Waals surface area contributed by atoms with Gasteiger partial charge < -0.3 is 10.4 Å². The Labute approximate surface area is 117 Å². The fourth-order valence-corrected chi connectivity index (χ4v) is 2.66. The Hall–Kier alpha value is -1.93. The fourth-order valence-electron chi connectivity index (χ4n) is 1.46. The number of likely N-dealkylation sites (N-methyl/N-ethyl adjacent to an activating group) is 1. The van der Waals surface area contributed by atoms with Crippen LogP contribution in [0.15, 0.2) is 29.2 Å². The van der Waals surface area contributed by atoms with Crippen LogP contribution < -0.4 is 10.0 Å². The Kier molecular flexibility index (Phi) is 5.23. The number of carbonyl (C=O) groups is 2. The van der Waals surface area contributed by atoms with Crippen LogP contribution in [0, 0.1) is 0 Å². The summed E-state index contributed by atoms with van der Waals surface area (Å²) < 4.78 is 26.2. The van der Waals surface area contributed by atoms with Crippen molar-refractivity contribution in [2.75, 3.05) is 6.54 Å². The molecule has 1 unspecified atom stereocenters. The van der Waals surface area contributed by atoms with E-state index in [2.05, 4.69) is 10.0 Å². The summed E-state index contributed by atoms with van der Waals surface area (Å²) in [5.41, 5.74) is -0.0132. The minimum Gasteiger partial charge on any atom is -0.478 e. The van der Waals surface area contributed by atoms with Crippen LogP contribution in [0.25, 0.3) is 0 Å². The molecule has 0 spiro atoms. The molecule has 0 heterocycles. The van der Waals surface area contributed by atoms with E-state index in [1.165, 1.54) is 31.2 Å². The molecule has 1 amide bonds. The van der Waals surface area contributed by atoms with Gasteiger partial charge in [0, 0.05) is 6.54 Å². The van der Waals surface area contributed by atoms with E-state index in [9.17, 15) is 18.0 Å². The van der Waals surface area contributed by atoms with E-state index in [1.807, 2.05) is 0 Å². The van der Waals surface area contributed by atoms with Crippen LogP contribution in [-0.2, 0) is 14.8 Å². The molecule has 0 aliphatic heterocycles. The van der Waals surface area contributed by atoms with Crippen molar-refractivity contribution in [3.63, 3.8) is 0 Å². The Balaban J connectivity index is 2.88. The van der Waals surface area contributed by atoms with Gasteiger partial charge in [-0.25, -0.2) is 13.2 Å². The standard InChI is InChI=1S/C12H16N2O5S/c1-3-13-11(15)8(2)14-20(18,19)10-6-4-9(5-7-10)12(16)17/h4-8,14H,3H2,1-2H3,(H,13,15)(H,16,17). The number of benzene rings is 1. The number of carbonyl (C=O) groups excluding carboxylic acids is 1. The number of hydrogen-bond acceptors (Lipinski definition) is 4. The molecular formula is C12H16N2O5S. The Morgan fingerprint density at radius 3 is 2.25 bits per heavy atom. The van der Waals surface area contributed by atoms with E-state index in [1.54, 1.807) is 6.92 Å². The van der Waals surface area contributed by atoms with Gasteiger partial charge in [-0.3, -0.25) is 4.79 Å². The predicted molar refractivity (Wildman–Crippen MR) is 71.9 cm³/mol. The molecule has 0 saturated carbocycles. The zero-order valence-electron chi connectivity index (χ0n) is 11.1. The van der Waals surface area contributed by atoms with Crippen molar-refractivity contribution in [1.82, 2.24) is 10.0 Å². The highest BCUT2D eigenvalue weighted by Gasteiger charge is 2.21. The number of aromatic carboxylic acids is 1. The van der Waals surface area contributed by atoms with Gasteiger partial charge in [0.2, 0.25) is 15.9 Å². The number of carboxylic acids is 1. The van der Waals surface area contributed by atoms with Crippen LogP contribution in [0.2, 0.25) is 0 Å². The maximum Gasteiger partial charge on any atom is 0.335 e. The van der Waals surface area contributed by atoms with Crippen molar-refractivity contribution in [3.05, 3.63) is 29.8 Å². The highest BCUT2D eigenvalue weighted by molar-refractivity contribution is 7.89. The number of nitrogens with one attached hydrogen (secondary N) is 2. The number of hydrogen-bond donors (Lipinski definition) is 3. The van der Waals surface area contributed by atoms with Gasteiger partial charge in [0.05, 0.1) is 16.5 Å². The van der Waals surface area contributed by atoms with Gasteiger partial charge in [-0.15, -0.1) is 0 Å². The molecule has 110 valence electrons. The Morgan fingerprint density at radius 1 is 1.25 bits per heavy atom. The normalized spacial score (nSPS) is 12.7. The summed E-state index contributed by atoms with van der Waals surface area (Å²) in [5.74, 6) is -1.57. The molecule has 3 N–H and O–H groups in total. The maximum absolute atomic E-state index is 12.0. The van der Waals surface area contributed by atoms with Gasteiger partial charge in [0.15, 0.2) is 0 Å². The van der Waals surface area contributed by atoms with Gasteiger partial charge in [-0.2, -0.15) is 4.72 Å². The summed E-state index contributed by atoms with van der Waals surface area (Å²) in [5, 5.41) is 11.2. The van der Waals surface area contributed by atoms with E-state index in [-0.39, 0.29) is 10.5 Å². The van der Waals surface area contributed by atoms with Crippen LogP contribution >= 0.6 is 0 Å². The summed E-state index contributed by atoms with van der Waals surface area (Å²) in [6.45, 7) is 3.55. The molecule has 0 aromatic heterocycles. The molecule has 1 aromatic carbocycles. The first kappa shape index (κ1) is 16.1. The summed E-state index contributed by atoms with van der Waals surface area (Å²) in [6, 6.07) is 3.81. The number of sulfonamides is 1. The van der Waals surface area contributed by atoms with Gasteiger partial charge in [0.1, 0.15) is 0 Å². The van der Waals surface area contributed by atoms with E-state index < -0.39 is 27.9 Å². The molecule has 1 rings (SSSR count). The SMILES string of the molecule is CCNC(=O)C(C)NS(=O)(=O)c1ccc(C(=O)O)cc1. The minimum absolute atomic E-state index is 0.0132. The molecule has 0 aliphatic rings. The lowest BCUT2D eigenvalue weighted by molar-refractivity contribution is -0.122. The van der Waals surface area contributed by atoms with E-state index >= 15 is 0 Å². The molecule has 0 fully saturated rings. The quantitative estimate of drug-likeness (QED) is 0.694. The molecule has 20 heavy (non-hydrogen) atoms. The zero-order valence-corrected chi connectivity index (χ0v) is 11.9. The van der Waals surface area contributed by atoms with Crippen molar-refractivity contribution in [1.29, 1.82) is 0 Å². The second-order valence-electron chi connectivity index (χ2n) is 4.07. The predicted octanol–water partition coefficient (Wildman–Crippen LogP) is 0.188. The average Bonchev–Trinajstić information content (AvgIpc) is 2.38. The minimum atomic E-state index is -3.87. The molecule has 0 saturated heterocycles. The van der Waals surface area contributed by atoms with Crippen molar-refractivity contribution >= 4 is 21.9 Å². The van der Waals surface area contributed by atoms with Crippen LogP contribution in [-0.4, -0.2) is 38.0 Å². The Bertz CT molecular complexity index is 595. The van der Waals surface area contributed by atoms with Gasteiger partial charge in [0.25, 0.3) is 0 Å². The lowest BCUT2D eigenvalue weighted by Gasteiger charge is -2.13. The van der Waals surface area contributed by atoms with E-state index in [0.717, 1.165) is 0 Å². The van der Waals surface area contributed by atoms with Crippen LogP contribution in [0.3, 0.4) is 0 Å². The molecular weight excluding hydrogens is 284 g/mol. The third kappa shape index (κ3) is 4.04. The maximum atomic E-state index is 12.0.